The number of esters is 1. The van der Waals surface area contributed by atoms with Gasteiger partial charge in [0.2, 0.25) is 0 Å². The number of urea groups is 1. The molecule has 0 radical (unpaired) electrons. The van der Waals surface area contributed by atoms with Gasteiger partial charge >= 0.3 is 12.0 Å². The van der Waals surface area contributed by atoms with Gasteiger partial charge in [-0.15, -0.1) is 0 Å². The maximum atomic E-state index is 12.2. The van der Waals surface area contributed by atoms with Gasteiger partial charge in [-0.2, -0.15) is 0 Å². The van der Waals surface area contributed by atoms with Crippen molar-refractivity contribution in [1.29, 1.82) is 0 Å². The van der Waals surface area contributed by atoms with Crippen LogP contribution in [0.2, 0.25) is 0 Å². The predicted molar refractivity (Wildman–Crippen MR) is 101 cm³/mol. The molecular weight excluding hydrogens is 344 g/mol. The Morgan fingerprint density at radius 3 is 2.52 bits per heavy atom. The Bertz CT molecular complexity index is 710. The lowest BCUT2D eigenvalue weighted by molar-refractivity contribution is -0.153. The van der Waals surface area contributed by atoms with Gasteiger partial charge in [-0.05, 0) is 62.1 Å². The molecule has 0 saturated heterocycles. The average molecular weight is 372 g/mol. The van der Waals surface area contributed by atoms with Crippen molar-refractivity contribution in [3.63, 3.8) is 0 Å². The van der Waals surface area contributed by atoms with Crippen LogP contribution in [0.4, 0.5) is 4.79 Å². The molecule has 3 amide bonds. The average Bonchev–Trinajstić information content (AvgIpc) is 3.14. The highest BCUT2D eigenvalue weighted by Gasteiger charge is 2.23. The summed E-state index contributed by atoms with van der Waals surface area (Å²) in [7, 11) is 0. The summed E-state index contributed by atoms with van der Waals surface area (Å²) in [6.07, 6.45) is 7.72. The standard InChI is InChI=1S/C21H28N2O4/c1-14(20(25)23-21(26)22-18-8-4-5-9-18)27-19(24)13-15-10-11-16-6-2-3-7-17(16)12-15/h10-12,14,18H,2-9,13H2,1H3,(H2,22,23,25,26)/t14-/m0/s1. The van der Waals surface area contributed by atoms with Gasteiger partial charge in [0.1, 0.15) is 0 Å². The van der Waals surface area contributed by atoms with Crippen LogP contribution >= 0.6 is 0 Å². The van der Waals surface area contributed by atoms with E-state index in [-0.39, 0.29) is 12.5 Å². The fourth-order valence-corrected chi connectivity index (χ4v) is 3.86. The molecule has 0 heterocycles. The Morgan fingerprint density at radius 1 is 1.07 bits per heavy atom. The molecule has 3 rings (SSSR count). The zero-order valence-corrected chi connectivity index (χ0v) is 15.9. The highest BCUT2D eigenvalue weighted by molar-refractivity contribution is 5.97. The van der Waals surface area contributed by atoms with Crippen LogP contribution in [0.3, 0.4) is 0 Å². The normalized spacial score (nSPS) is 17.7. The summed E-state index contributed by atoms with van der Waals surface area (Å²) in [6.45, 7) is 1.48. The SMILES string of the molecule is C[C@H](OC(=O)Cc1ccc2c(c1)CCCC2)C(=O)NC(=O)NC1CCCC1. The molecule has 2 N–H and O–H groups in total. The summed E-state index contributed by atoms with van der Waals surface area (Å²) in [5.41, 5.74) is 3.56. The maximum Gasteiger partial charge on any atom is 0.321 e. The van der Waals surface area contributed by atoms with E-state index in [1.807, 2.05) is 6.07 Å². The van der Waals surface area contributed by atoms with Gasteiger partial charge < -0.3 is 10.1 Å². The zero-order valence-electron chi connectivity index (χ0n) is 15.9. The van der Waals surface area contributed by atoms with Crippen molar-refractivity contribution in [2.24, 2.45) is 0 Å². The topological polar surface area (TPSA) is 84.5 Å². The second kappa shape index (κ2) is 9.02. The van der Waals surface area contributed by atoms with Crippen molar-refractivity contribution >= 4 is 17.9 Å². The lowest BCUT2D eigenvalue weighted by Crippen LogP contribution is -2.47. The van der Waals surface area contributed by atoms with Gasteiger partial charge in [0.05, 0.1) is 6.42 Å². The molecular formula is C21H28N2O4. The number of hydrogen-bond acceptors (Lipinski definition) is 4. The molecule has 146 valence electrons. The molecule has 2 aliphatic rings. The minimum atomic E-state index is -1.01. The van der Waals surface area contributed by atoms with Gasteiger partial charge in [0, 0.05) is 6.04 Å². The summed E-state index contributed by atoms with van der Waals surface area (Å²) in [5.74, 6) is -1.08. The lowest BCUT2D eigenvalue weighted by Gasteiger charge is -2.17. The number of rotatable bonds is 5. The molecule has 6 heteroatoms. The third-order valence-electron chi connectivity index (χ3n) is 5.37. The summed E-state index contributed by atoms with van der Waals surface area (Å²) < 4.78 is 5.20. The van der Waals surface area contributed by atoms with Crippen molar-refractivity contribution in [3.8, 4) is 0 Å². The van der Waals surface area contributed by atoms with Crippen molar-refractivity contribution < 1.29 is 19.1 Å². The Balaban J connectivity index is 1.45. The summed E-state index contributed by atoms with van der Waals surface area (Å²) >= 11 is 0. The van der Waals surface area contributed by atoms with Crippen LogP contribution in [0.25, 0.3) is 0 Å². The molecule has 0 aromatic heterocycles. The number of fused-ring (bicyclic) bond motifs is 1. The number of carbonyl (C=O) groups is 3. The quantitative estimate of drug-likeness (QED) is 0.779. The molecule has 0 aliphatic heterocycles. The van der Waals surface area contributed by atoms with Crippen LogP contribution in [0.15, 0.2) is 18.2 Å². The van der Waals surface area contributed by atoms with Gasteiger partial charge in [0.15, 0.2) is 6.10 Å². The Kier molecular flexibility index (Phi) is 6.48. The molecule has 1 aromatic carbocycles. The summed E-state index contributed by atoms with van der Waals surface area (Å²) in [6, 6.07) is 5.70. The molecule has 1 saturated carbocycles. The smallest absolute Gasteiger partial charge is 0.321 e. The van der Waals surface area contributed by atoms with Gasteiger partial charge in [0.25, 0.3) is 5.91 Å². The van der Waals surface area contributed by atoms with Crippen molar-refractivity contribution in [2.75, 3.05) is 0 Å². The highest BCUT2D eigenvalue weighted by Crippen LogP contribution is 2.22. The van der Waals surface area contributed by atoms with E-state index in [1.165, 1.54) is 30.9 Å². The molecule has 2 aliphatic carbocycles. The molecule has 1 fully saturated rings. The number of imide groups is 1. The van der Waals surface area contributed by atoms with Crippen molar-refractivity contribution in [3.05, 3.63) is 34.9 Å². The van der Waals surface area contributed by atoms with E-state index in [9.17, 15) is 14.4 Å². The van der Waals surface area contributed by atoms with E-state index < -0.39 is 24.0 Å². The van der Waals surface area contributed by atoms with E-state index >= 15 is 0 Å². The fraction of sp³-hybridized carbons (Fsp3) is 0.571. The first kappa shape index (κ1) is 19.4. The van der Waals surface area contributed by atoms with E-state index in [2.05, 4.69) is 22.8 Å². The van der Waals surface area contributed by atoms with Crippen LogP contribution < -0.4 is 10.6 Å². The van der Waals surface area contributed by atoms with Crippen LogP contribution in [-0.2, 0) is 33.6 Å². The third-order valence-corrected chi connectivity index (χ3v) is 5.37. The van der Waals surface area contributed by atoms with Crippen molar-refractivity contribution in [2.45, 2.75) is 76.9 Å². The van der Waals surface area contributed by atoms with Gasteiger partial charge in [-0.1, -0.05) is 31.0 Å². The molecule has 0 unspecified atom stereocenters. The first-order valence-corrected chi connectivity index (χ1v) is 9.93. The zero-order chi connectivity index (χ0) is 19.2. The lowest BCUT2D eigenvalue weighted by atomic mass is 9.90. The number of nitrogens with one attached hydrogen (secondary N) is 2. The predicted octanol–water partition coefficient (Wildman–Crippen LogP) is 2.81. The number of benzene rings is 1. The largest absolute Gasteiger partial charge is 0.452 e. The van der Waals surface area contributed by atoms with Crippen LogP contribution in [0.5, 0.6) is 0 Å². The number of amides is 3. The minimum absolute atomic E-state index is 0.124. The van der Waals surface area contributed by atoms with E-state index in [4.69, 9.17) is 4.74 Å². The van der Waals surface area contributed by atoms with E-state index in [0.29, 0.717) is 0 Å². The van der Waals surface area contributed by atoms with E-state index in [1.54, 1.807) is 0 Å². The first-order chi connectivity index (χ1) is 13.0. The van der Waals surface area contributed by atoms with Gasteiger partial charge in [-0.25, -0.2) is 4.79 Å². The second-order valence-corrected chi connectivity index (χ2v) is 7.56. The van der Waals surface area contributed by atoms with Crippen molar-refractivity contribution in [1.82, 2.24) is 10.6 Å². The molecule has 0 bridgehead atoms. The van der Waals surface area contributed by atoms with Crippen LogP contribution in [0, 0.1) is 0 Å². The first-order valence-electron chi connectivity index (χ1n) is 9.93. The molecule has 1 atom stereocenters. The third kappa shape index (κ3) is 5.55. The number of ether oxygens (including phenoxy) is 1. The molecule has 0 spiro atoms. The molecule has 1 aromatic rings. The Labute approximate surface area is 160 Å². The fourth-order valence-electron chi connectivity index (χ4n) is 3.86. The van der Waals surface area contributed by atoms with E-state index in [0.717, 1.165) is 44.1 Å². The van der Waals surface area contributed by atoms with Crippen LogP contribution in [0.1, 0.15) is 62.1 Å². The monoisotopic (exact) mass is 372 g/mol. The summed E-state index contributed by atoms with van der Waals surface area (Å²) in [4.78, 5) is 36.1. The Hall–Kier alpha value is -2.37. The maximum absolute atomic E-state index is 12.2. The molecule has 6 nitrogen and oxygen atoms in total. The number of aryl methyl sites for hydroxylation is 2. The van der Waals surface area contributed by atoms with Gasteiger partial charge in [-0.3, -0.25) is 14.9 Å². The number of carbonyl (C=O) groups excluding carboxylic acids is 3. The highest BCUT2D eigenvalue weighted by atomic mass is 16.5. The Morgan fingerprint density at radius 2 is 1.78 bits per heavy atom. The van der Waals surface area contributed by atoms with Crippen LogP contribution in [-0.4, -0.2) is 30.1 Å². The second-order valence-electron chi connectivity index (χ2n) is 7.56. The minimum Gasteiger partial charge on any atom is -0.452 e. The molecule has 27 heavy (non-hydrogen) atoms. The summed E-state index contributed by atoms with van der Waals surface area (Å²) in [5, 5.41) is 5.03. The number of hydrogen-bond donors (Lipinski definition) is 2.